The number of benzene rings is 2. The third-order valence-corrected chi connectivity index (χ3v) is 5.10. The number of nitrogens with two attached hydrogens (primary N) is 1. The third-order valence-electron chi connectivity index (χ3n) is 5.10. The summed E-state index contributed by atoms with van der Waals surface area (Å²) in [4.78, 5) is 14.7. The fraction of sp³-hybridized carbons (Fsp3) is 0.381. The van der Waals surface area contributed by atoms with Crippen LogP contribution in [0.25, 0.3) is 0 Å². The van der Waals surface area contributed by atoms with E-state index < -0.39 is 0 Å². The molecule has 0 aliphatic carbocycles. The van der Waals surface area contributed by atoms with Crippen molar-refractivity contribution in [2.45, 2.75) is 37.8 Å². The first-order valence-electron chi connectivity index (χ1n) is 8.82. The summed E-state index contributed by atoms with van der Waals surface area (Å²) in [6.07, 6.45) is 1.34. The molecule has 1 aliphatic rings. The predicted molar refractivity (Wildman–Crippen MR) is 99.5 cm³/mol. The molecule has 0 radical (unpaired) electrons. The molecule has 132 valence electrons. The molecule has 1 fully saturated rings. The minimum absolute atomic E-state index is 0.139. The van der Waals surface area contributed by atoms with Crippen molar-refractivity contribution in [1.29, 1.82) is 0 Å². The van der Waals surface area contributed by atoms with E-state index in [0.717, 1.165) is 24.3 Å². The monoisotopic (exact) mass is 338 g/mol. The Morgan fingerprint density at radius 2 is 1.88 bits per heavy atom. The highest BCUT2D eigenvalue weighted by atomic mass is 16.5. The summed E-state index contributed by atoms with van der Waals surface area (Å²) < 4.78 is 5.22. The van der Waals surface area contributed by atoms with E-state index in [1.807, 2.05) is 47.4 Å². The molecule has 1 saturated heterocycles. The standard InChI is InChI=1S/C21H26N2O2/c1-15-12-18(16-8-10-19(25-2)11-9-16)14-23(15)21(24)13-20(22)17-6-4-3-5-7-17/h3-11,15,18,20H,12-14,22H2,1-2H3/t15-,18+,20-/m0/s1. The zero-order chi connectivity index (χ0) is 17.8. The van der Waals surface area contributed by atoms with Crippen LogP contribution in [0.1, 0.15) is 42.9 Å². The van der Waals surface area contributed by atoms with Crippen molar-refractivity contribution in [1.82, 2.24) is 4.90 Å². The lowest BCUT2D eigenvalue weighted by atomic mass is 9.97. The number of amides is 1. The second-order valence-electron chi connectivity index (χ2n) is 6.82. The predicted octanol–water partition coefficient (Wildman–Crippen LogP) is 3.49. The van der Waals surface area contributed by atoms with Crippen molar-refractivity contribution in [2.24, 2.45) is 5.73 Å². The van der Waals surface area contributed by atoms with Crippen LogP contribution < -0.4 is 10.5 Å². The van der Waals surface area contributed by atoms with E-state index in [1.54, 1.807) is 7.11 Å². The van der Waals surface area contributed by atoms with Gasteiger partial charge < -0.3 is 15.4 Å². The summed E-state index contributed by atoms with van der Waals surface area (Å²) in [5.74, 6) is 1.37. The van der Waals surface area contributed by atoms with Crippen LogP contribution >= 0.6 is 0 Å². The Balaban J connectivity index is 1.63. The fourth-order valence-electron chi connectivity index (χ4n) is 3.62. The van der Waals surface area contributed by atoms with Crippen LogP contribution in [0.5, 0.6) is 5.75 Å². The number of methoxy groups -OCH3 is 1. The van der Waals surface area contributed by atoms with E-state index in [-0.39, 0.29) is 18.0 Å². The van der Waals surface area contributed by atoms with E-state index in [9.17, 15) is 4.79 Å². The van der Waals surface area contributed by atoms with Crippen molar-refractivity contribution in [3.63, 3.8) is 0 Å². The smallest absolute Gasteiger partial charge is 0.224 e. The maximum atomic E-state index is 12.7. The SMILES string of the molecule is COc1ccc([C@@H]2C[C@H](C)N(C(=O)C[C@H](N)c3ccccc3)C2)cc1. The van der Waals surface area contributed by atoms with Crippen LogP contribution in [0.4, 0.5) is 0 Å². The highest BCUT2D eigenvalue weighted by Crippen LogP contribution is 2.33. The molecule has 4 nitrogen and oxygen atoms in total. The van der Waals surface area contributed by atoms with Crippen molar-refractivity contribution < 1.29 is 9.53 Å². The lowest BCUT2D eigenvalue weighted by Crippen LogP contribution is -2.35. The Labute approximate surface area is 149 Å². The second kappa shape index (κ2) is 7.70. The van der Waals surface area contributed by atoms with Crippen molar-refractivity contribution in [3.05, 3.63) is 65.7 Å². The lowest BCUT2D eigenvalue weighted by molar-refractivity contribution is -0.132. The normalized spacial score (nSPS) is 21.2. The Morgan fingerprint density at radius 3 is 2.52 bits per heavy atom. The number of ether oxygens (including phenoxy) is 1. The highest BCUT2D eigenvalue weighted by molar-refractivity contribution is 5.78. The molecule has 0 saturated carbocycles. The number of hydrogen-bond acceptors (Lipinski definition) is 3. The number of rotatable bonds is 5. The van der Waals surface area contributed by atoms with Gasteiger partial charge in [0.2, 0.25) is 5.91 Å². The topological polar surface area (TPSA) is 55.6 Å². The van der Waals surface area contributed by atoms with Gasteiger partial charge in [0, 0.05) is 31.0 Å². The Morgan fingerprint density at radius 1 is 1.20 bits per heavy atom. The number of nitrogens with zero attached hydrogens (tertiary/aromatic N) is 1. The van der Waals surface area contributed by atoms with Crippen molar-refractivity contribution in [2.75, 3.05) is 13.7 Å². The molecule has 3 atom stereocenters. The van der Waals surface area contributed by atoms with Gasteiger partial charge in [-0.15, -0.1) is 0 Å². The summed E-state index contributed by atoms with van der Waals surface area (Å²) in [5.41, 5.74) is 8.49. The molecule has 4 heteroatoms. The van der Waals surface area contributed by atoms with E-state index in [2.05, 4.69) is 19.1 Å². The minimum Gasteiger partial charge on any atom is -0.497 e. The lowest BCUT2D eigenvalue weighted by Gasteiger charge is -2.23. The van der Waals surface area contributed by atoms with Crippen LogP contribution in [-0.2, 0) is 4.79 Å². The fourth-order valence-corrected chi connectivity index (χ4v) is 3.62. The van der Waals surface area contributed by atoms with Crippen molar-refractivity contribution in [3.8, 4) is 5.75 Å². The number of likely N-dealkylation sites (tertiary alicyclic amines) is 1. The molecule has 0 aromatic heterocycles. The average molecular weight is 338 g/mol. The highest BCUT2D eigenvalue weighted by Gasteiger charge is 2.33. The second-order valence-corrected chi connectivity index (χ2v) is 6.82. The molecule has 1 heterocycles. The maximum Gasteiger partial charge on any atom is 0.224 e. The van der Waals surface area contributed by atoms with Gasteiger partial charge in [-0.1, -0.05) is 42.5 Å². The molecule has 25 heavy (non-hydrogen) atoms. The average Bonchev–Trinajstić information content (AvgIpc) is 3.04. The molecule has 0 spiro atoms. The van der Waals surface area contributed by atoms with Crippen LogP contribution in [0, 0.1) is 0 Å². The zero-order valence-electron chi connectivity index (χ0n) is 14.9. The first kappa shape index (κ1) is 17.5. The van der Waals surface area contributed by atoms with Gasteiger partial charge in [-0.05, 0) is 36.6 Å². The van der Waals surface area contributed by atoms with Crippen LogP contribution in [0.2, 0.25) is 0 Å². The molecule has 0 unspecified atom stereocenters. The van der Waals surface area contributed by atoms with E-state index in [0.29, 0.717) is 12.3 Å². The number of carbonyl (C=O) groups excluding carboxylic acids is 1. The minimum atomic E-state index is -0.249. The van der Waals surface area contributed by atoms with E-state index in [1.165, 1.54) is 5.56 Å². The molecule has 1 aliphatic heterocycles. The quantitative estimate of drug-likeness (QED) is 0.908. The maximum absolute atomic E-state index is 12.7. The molecule has 1 amide bonds. The first-order chi connectivity index (χ1) is 12.1. The Hall–Kier alpha value is -2.33. The molecule has 0 bridgehead atoms. The van der Waals surface area contributed by atoms with Crippen molar-refractivity contribution >= 4 is 5.91 Å². The van der Waals surface area contributed by atoms with E-state index in [4.69, 9.17) is 10.5 Å². The van der Waals surface area contributed by atoms with Gasteiger partial charge in [-0.25, -0.2) is 0 Å². The van der Waals surface area contributed by atoms with Gasteiger partial charge >= 0.3 is 0 Å². The van der Waals surface area contributed by atoms with Gasteiger partial charge in [0.1, 0.15) is 5.75 Å². The van der Waals surface area contributed by atoms with Crippen LogP contribution in [0.15, 0.2) is 54.6 Å². The van der Waals surface area contributed by atoms with Gasteiger partial charge in [0.15, 0.2) is 0 Å². The number of carbonyl (C=O) groups is 1. The van der Waals surface area contributed by atoms with Gasteiger partial charge in [0.25, 0.3) is 0 Å². The number of hydrogen-bond donors (Lipinski definition) is 1. The van der Waals surface area contributed by atoms with Gasteiger partial charge in [-0.3, -0.25) is 4.79 Å². The summed E-state index contributed by atoms with van der Waals surface area (Å²) >= 11 is 0. The summed E-state index contributed by atoms with van der Waals surface area (Å²) in [6.45, 7) is 2.88. The molecule has 3 rings (SSSR count). The first-order valence-corrected chi connectivity index (χ1v) is 8.82. The summed E-state index contributed by atoms with van der Waals surface area (Å²) in [6, 6.07) is 18.0. The molecular weight excluding hydrogens is 312 g/mol. The van der Waals surface area contributed by atoms with Crippen LogP contribution in [-0.4, -0.2) is 30.5 Å². The Kier molecular flexibility index (Phi) is 5.39. The van der Waals surface area contributed by atoms with Crippen LogP contribution in [0.3, 0.4) is 0 Å². The molecular formula is C21H26N2O2. The van der Waals surface area contributed by atoms with E-state index >= 15 is 0 Å². The largest absolute Gasteiger partial charge is 0.497 e. The summed E-state index contributed by atoms with van der Waals surface area (Å²) in [5, 5.41) is 0. The summed E-state index contributed by atoms with van der Waals surface area (Å²) in [7, 11) is 1.67. The molecule has 2 aromatic rings. The van der Waals surface area contributed by atoms with Gasteiger partial charge in [-0.2, -0.15) is 0 Å². The molecule has 2 N–H and O–H groups in total. The zero-order valence-corrected chi connectivity index (χ0v) is 14.9. The van der Waals surface area contributed by atoms with Gasteiger partial charge in [0.05, 0.1) is 7.11 Å². The third kappa shape index (κ3) is 4.02. The molecule has 2 aromatic carbocycles. The Bertz CT molecular complexity index is 700.